The third-order valence-electron chi connectivity index (χ3n) is 10.3. The number of aromatic nitrogens is 3. The van der Waals surface area contributed by atoms with E-state index < -0.39 is 11.4 Å². The monoisotopic (exact) mass is 453 g/mol. The van der Waals surface area contributed by atoms with Crippen LogP contribution in [0.3, 0.4) is 0 Å². The molecule has 1 aromatic carbocycles. The van der Waals surface area contributed by atoms with Gasteiger partial charge in [0.2, 0.25) is 0 Å². The summed E-state index contributed by atoms with van der Waals surface area (Å²) < 4.78 is 14.0. The van der Waals surface area contributed by atoms with Gasteiger partial charge in [-0.15, -0.1) is 5.10 Å². The van der Waals surface area contributed by atoms with E-state index in [4.69, 9.17) is 0 Å². The Labute approximate surface area is 195 Å². The number of carbonyl (C=O) groups excluding carboxylic acids is 1. The first-order chi connectivity index (χ1) is 15.7. The minimum Gasteiger partial charge on any atom is -0.390 e. The summed E-state index contributed by atoms with van der Waals surface area (Å²) in [5.41, 5.74) is 0.325. The number of Topliss-reactive ketones (excluding diaryl/α,β-unsaturated/α-hetero) is 1. The largest absolute Gasteiger partial charge is 0.390 e. The fourth-order valence-corrected chi connectivity index (χ4v) is 8.88. The molecule has 5 nitrogen and oxygen atoms in total. The molecule has 2 aromatic rings. The van der Waals surface area contributed by atoms with Gasteiger partial charge in [-0.3, -0.25) is 4.79 Å². The van der Waals surface area contributed by atoms with Gasteiger partial charge in [0, 0.05) is 5.92 Å². The van der Waals surface area contributed by atoms with E-state index in [-0.39, 0.29) is 29.2 Å². The van der Waals surface area contributed by atoms with E-state index in [1.54, 1.807) is 12.1 Å². The van der Waals surface area contributed by atoms with Gasteiger partial charge < -0.3 is 5.11 Å². The van der Waals surface area contributed by atoms with E-state index in [9.17, 15) is 14.3 Å². The lowest BCUT2D eigenvalue weighted by Gasteiger charge is -2.56. The average Bonchev–Trinajstić information content (AvgIpc) is 3.33. The van der Waals surface area contributed by atoms with E-state index >= 15 is 0 Å². The molecule has 0 amide bonds. The molecule has 0 radical (unpaired) electrons. The molecule has 33 heavy (non-hydrogen) atoms. The van der Waals surface area contributed by atoms with Crippen molar-refractivity contribution in [2.24, 2.45) is 40.9 Å². The van der Waals surface area contributed by atoms with Gasteiger partial charge in [0.25, 0.3) is 0 Å². The zero-order valence-corrected chi connectivity index (χ0v) is 19.8. The van der Waals surface area contributed by atoms with Crippen molar-refractivity contribution >= 4 is 16.8 Å². The molecule has 6 rings (SSSR count). The van der Waals surface area contributed by atoms with Gasteiger partial charge in [-0.1, -0.05) is 13.0 Å². The van der Waals surface area contributed by atoms with Crippen molar-refractivity contribution < 1.29 is 14.3 Å². The standard InChI is InChI=1S/C27H36FN3O2/c1-26(33)12-10-17-16(14-26)6-7-19-18(17)11-13-27(2)20(19)8-9-21(27)24(32)15-31-29-23-5-3-4-22(28)25(23)30-31/h3-5,16-21,33H,6-15H2,1-2H3. The van der Waals surface area contributed by atoms with E-state index in [0.717, 1.165) is 49.9 Å². The number of halogens is 1. The third-order valence-corrected chi connectivity index (χ3v) is 10.3. The molecule has 0 bridgehead atoms. The number of carbonyl (C=O) groups is 1. The van der Waals surface area contributed by atoms with Crippen molar-refractivity contribution in [1.29, 1.82) is 0 Å². The van der Waals surface area contributed by atoms with Gasteiger partial charge in [-0.2, -0.15) is 9.90 Å². The topological polar surface area (TPSA) is 68.0 Å². The molecule has 4 aliphatic rings. The highest BCUT2D eigenvalue weighted by atomic mass is 19.1. The maximum absolute atomic E-state index is 14.0. The SMILES string of the molecule is CC1(O)CCC2C(CCC3C2CCC2(C)C(C(=O)Cn4nc5cccc(F)c5n4)CCC32)C1. The number of benzene rings is 1. The second-order valence-electron chi connectivity index (χ2n) is 12.2. The Kier molecular flexibility index (Phi) is 4.99. The lowest BCUT2D eigenvalue weighted by atomic mass is 9.49. The van der Waals surface area contributed by atoms with Crippen LogP contribution in [-0.2, 0) is 11.3 Å². The molecule has 178 valence electrons. The highest BCUT2D eigenvalue weighted by Crippen LogP contribution is 2.64. The molecule has 4 saturated carbocycles. The minimum atomic E-state index is -0.476. The molecule has 1 N–H and O–H groups in total. The number of hydrogen-bond donors (Lipinski definition) is 1. The number of nitrogens with zero attached hydrogens (tertiary/aromatic N) is 3. The molecule has 0 spiro atoms. The predicted molar refractivity (Wildman–Crippen MR) is 124 cm³/mol. The molecule has 6 heteroatoms. The molecule has 0 aliphatic heterocycles. The van der Waals surface area contributed by atoms with Crippen molar-refractivity contribution in [1.82, 2.24) is 15.0 Å². The maximum Gasteiger partial charge on any atom is 0.159 e. The van der Waals surface area contributed by atoms with Crippen LogP contribution in [0.5, 0.6) is 0 Å². The summed E-state index contributed by atoms with van der Waals surface area (Å²) in [6.07, 6.45) is 10.0. The lowest BCUT2D eigenvalue weighted by molar-refractivity contribution is -0.133. The Morgan fingerprint density at radius 1 is 1.06 bits per heavy atom. The first-order valence-electron chi connectivity index (χ1n) is 13.0. The van der Waals surface area contributed by atoms with Gasteiger partial charge >= 0.3 is 0 Å². The number of aliphatic hydroxyl groups is 1. The highest BCUT2D eigenvalue weighted by Gasteiger charge is 2.58. The van der Waals surface area contributed by atoms with Gasteiger partial charge in [0.15, 0.2) is 11.6 Å². The lowest BCUT2D eigenvalue weighted by Crippen LogP contribution is -2.51. The summed E-state index contributed by atoms with van der Waals surface area (Å²) in [5.74, 6) is 3.43. The number of rotatable bonds is 3. The fraction of sp³-hybridized carbons (Fsp3) is 0.741. The Morgan fingerprint density at radius 3 is 2.70 bits per heavy atom. The Hall–Kier alpha value is -1.82. The van der Waals surface area contributed by atoms with Crippen molar-refractivity contribution in [3.8, 4) is 0 Å². The quantitative estimate of drug-likeness (QED) is 0.697. The molecule has 8 unspecified atom stereocenters. The molecular formula is C27H36FN3O2. The van der Waals surface area contributed by atoms with Gasteiger partial charge in [-0.05, 0) is 112 Å². The summed E-state index contributed by atoms with van der Waals surface area (Å²) >= 11 is 0. The average molecular weight is 454 g/mol. The van der Waals surface area contributed by atoms with Crippen molar-refractivity contribution in [3.63, 3.8) is 0 Å². The summed E-state index contributed by atoms with van der Waals surface area (Å²) in [5, 5.41) is 19.2. The third kappa shape index (κ3) is 3.46. The van der Waals surface area contributed by atoms with Gasteiger partial charge in [0.1, 0.15) is 17.6 Å². The predicted octanol–water partition coefficient (Wildman–Crippen LogP) is 5.16. The molecule has 4 fully saturated rings. The molecule has 1 aromatic heterocycles. The van der Waals surface area contributed by atoms with Crippen molar-refractivity contribution in [3.05, 3.63) is 24.0 Å². The van der Waals surface area contributed by atoms with Gasteiger partial charge in [-0.25, -0.2) is 4.39 Å². The summed E-state index contributed by atoms with van der Waals surface area (Å²) in [4.78, 5) is 14.9. The molecule has 4 aliphatic carbocycles. The van der Waals surface area contributed by atoms with E-state index in [1.807, 2.05) is 6.92 Å². The zero-order valence-electron chi connectivity index (χ0n) is 19.8. The minimum absolute atomic E-state index is 0.0484. The van der Waals surface area contributed by atoms with Crippen LogP contribution >= 0.6 is 0 Å². The summed E-state index contributed by atoms with van der Waals surface area (Å²) in [6, 6.07) is 4.75. The van der Waals surface area contributed by atoms with Crippen LogP contribution in [-0.4, -0.2) is 31.5 Å². The summed E-state index contributed by atoms with van der Waals surface area (Å²) in [6.45, 7) is 4.52. The van der Waals surface area contributed by atoms with Crippen LogP contribution in [0.4, 0.5) is 4.39 Å². The molecular weight excluding hydrogens is 417 g/mol. The van der Waals surface area contributed by atoms with Crippen LogP contribution in [0.25, 0.3) is 11.0 Å². The van der Waals surface area contributed by atoms with E-state index in [1.165, 1.54) is 36.5 Å². The van der Waals surface area contributed by atoms with Crippen LogP contribution in [0, 0.1) is 46.7 Å². The molecule has 8 atom stereocenters. The van der Waals surface area contributed by atoms with Gasteiger partial charge in [0.05, 0.1) is 5.60 Å². The Bertz CT molecular complexity index is 1080. The fourth-order valence-electron chi connectivity index (χ4n) is 8.88. The second-order valence-corrected chi connectivity index (χ2v) is 12.2. The van der Waals surface area contributed by atoms with Crippen LogP contribution in [0.15, 0.2) is 18.2 Å². The normalized spacial score (nSPS) is 42.5. The highest BCUT2D eigenvalue weighted by molar-refractivity contribution is 5.82. The van der Waals surface area contributed by atoms with Crippen LogP contribution in [0.2, 0.25) is 0 Å². The smallest absolute Gasteiger partial charge is 0.159 e. The maximum atomic E-state index is 14.0. The van der Waals surface area contributed by atoms with Crippen molar-refractivity contribution in [2.45, 2.75) is 83.8 Å². The second kappa shape index (κ2) is 7.59. The number of ketones is 1. The zero-order chi connectivity index (χ0) is 23.0. The van der Waals surface area contributed by atoms with Crippen LogP contribution in [0.1, 0.15) is 71.6 Å². The Balaban J connectivity index is 1.19. The Morgan fingerprint density at radius 2 is 1.88 bits per heavy atom. The number of hydrogen-bond acceptors (Lipinski definition) is 4. The molecule has 0 saturated heterocycles. The van der Waals surface area contributed by atoms with Crippen molar-refractivity contribution in [2.75, 3.05) is 0 Å². The first kappa shape index (κ1) is 21.7. The number of fused-ring (bicyclic) bond motifs is 6. The van der Waals surface area contributed by atoms with E-state index in [0.29, 0.717) is 17.4 Å². The summed E-state index contributed by atoms with van der Waals surface area (Å²) in [7, 11) is 0. The molecule has 1 heterocycles. The van der Waals surface area contributed by atoms with Crippen LogP contribution < -0.4 is 0 Å². The van der Waals surface area contributed by atoms with E-state index in [2.05, 4.69) is 17.1 Å². The first-order valence-corrected chi connectivity index (χ1v) is 13.0.